The Labute approximate surface area is 113 Å². The van der Waals surface area contributed by atoms with Crippen LogP contribution in [-0.4, -0.2) is 26.5 Å². The lowest BCUT2D eigenvalue weighted by atomic mass is 10.1. The minimum atomic E-state index is 0.256. The molecule has 0 aromatic carbocycles. The van der Waals surface area contributed by atoms with Crippen LogP contribution in [0.15, 0.2) is 18.5 Å². The fourth-order valence-corrected chi connectivity index (χ4v) is 2.02. The zero-order valence-corrected chi connectivity index (χ0v) is 11.8. The summed E-state index contributed by atoms with van der Waals surface area (Å²) < 4.78 is 0. The van der Waals surface area contributed by atoms with Gasteiger partial charge in [-0.1, -0.05) is 6.92 Å². The summed E-state index contributed by atoms with van der Waals surface area (Å²) in [4.78, 5) is 17.4. The highest BCUT2D eigenvalue weighted by molar-refractivity contribution is 5.48. The van der Waals surface area contributed by atoms with Crippen molar-refractivity contribution in [2.24, 2.45) is 0 Å². The van der Waals surface area contributed by atoms with Crippen molar-refractivity contribution < 1.29 is 0 Å². The van der Waals surface area contributed by atoms with Crippen LogP contribution in [0.3, 0.4) is 0 Å². The maximum Gasteiger partial charge on any atom is 0.178 e. The molecule has 0 aliphatic carbocycles. The zero-order chi connectivity index (χ0) is 13.8. The van der Waals surface area contributed by atoms with Gasteiger partial charge in [-0.25, -0.2) is 19.9 Å². The molecule has 0 saturated carbocycles. The molecule has 5 nitrogen and oxygen atoms in total. The Kier molecular flexibility index (Phi) is 4.16. The van der Waals surface area contributed by atoms with Crippen molar-refractivity contribution in [3.8, 4) is 11.5 Å². The molecule has 2 aromatic rings. The monoisotopic (exact) mass is 257 g/mol. The van der Waals surface area contributed by atoms with E-state index in [1.54, 1.807) is 6.20 Å². The summed E-state index contributed by atoms with van der Waals surface area (Å²) in [5.74, 6) is 1.37. The summed E-state index contributed by atoms with van der Waals surface area (Å²) in [6.07, 6.45) is 3.61. The van der Waals surface area contributed by atoms with Gasteiger partial charge in [-0.15, -0.1) is 0 Å². The van der Waals surface area contributed by atoms with Gasteiger partial charge in [0, 0.05) is 29.7 Å². The second kappa shape index (κ2) is 5.84. The smallest absolute Gasteiger partial charge is 0.178 e. The van der Waals surface area contributed by atoms with E-state index in [2.05, 4.69) is 39.1 Å². The Morgan fingerprint density at radius 2 is 2.00 bits per heavy atom. The highest BCUT2D eigenvalue weighted by Crippen LogP contribution is 2.18. The molecule has 0 bridgehead atoms. The van der Waals surface area contributed by atoms with Gasteiger partial charge in [0.2, 0.25) is 0 Å². The highest BCUT2D eigenvalue weighted by atomic mass is 15.0. The van der Waals surface area contributed by atoms with E-state index in [1.807, 2.05) is 26.1 Å². The quantitative estimate of drug-likeness (QED) is 0.910. The molecule has 0 aliphatic rings. The van der Waals surface area contributed by atoms with Gasteiger partial charge in [-0.3, -0.25) is 0 Å². The van der Waals surface area contributed by atoms with Crippen molar-refractivity contribution in [1.29, 1.82) is 0 Å². The summed E-state index contributed by atoms with van der Waals surface area (Å²) in [6.45, 7) is 8.99. The predicted octanol–water partition coefficient (Wildman–Crippen LogP) is 2.22. The van der Waals surface area contributed by atoms with E-state index < -0.39 is 0 Å². The maximum absolute atomic E-state index is 4.55. The fraction of sp³-hybridized carbons (Fsp3) is 0.429. The van der Waals surface area contributed by atoms with Gasteiger partial charge in [-0.2, -0.15) is 0 Å². The number of aryl methyl sites for hydroxylation is 2. The van der Waals surface area contributed by atoms with Gasteiger partial charge in [0.15, 0.2) is 5.82 Å². The van der Waals surface area contributed by atoms with Gasteiger partial charge < -0.3 is 5.32 Å². The predicted molar refractivity (Wildman–Crippen MR) is 74.6 cm³/mol. The lowest BCUT2D eigenvalue weighted by molar-refractivity contribution is 0.590. The van der Waals surface area contributed by atoms with Crippen LogP contribution in [-0.2, 0) is 0 Å². The molecule has 1 unspecified atom stereocenters. The summed E-state index contributed by atoms with van der Waals surface area (Å²) in [7, 11) is 0. The molecule has 2 heterocycles. The van der Waals surface area contributed by atoms with E-state index in [0.29, 0.717) is 5.82 Å². The Balaban J connectivity index is 2.33. The van der Waals surface area contributed by atoms with Gasteiger partial charge >= 0.3 is 0 Å². The lowest BCUT2D eigenvalue weighted by Gasteiger charge is -2.14. The maximum atomic E-state index is 4.55. The molecule has 0 radical (unpaired) electrons. The van der Waals surface area contributed by atoms with Crippen molar-refractivity contribution in [2.75, 3.05) is 6.54 Å². The van der Waals surface area contributed by atoms with Crippen molar-refractivity contribution in [2.45, 2.75) is 33.7 Å². The number of nitrogens with zero attached hydrogens (tertiary/aromatic N) is 4. The van der Waals surface area contributed by atoms with Crippen molar-refractivity contribution in [3.63, 3.8) is 0 Å². The van der Waals surface area contributed by atoms with E-state index >= 15 is 0 Å². The molecule has 19 heavy (non-hydrogen) atoms. The molecule has 5 heteroatoms. The first-order chi connectivity index (χ1) is 9.11. The van der Waals surface area contributed by atoms with Crippen LogP contribution in [0.2, 0.25) is 0 Å². The van der Waals surface area contributed by atoms with E-state index in [9.17, 15) is 0 Å². The molecule has 0 spiro atoms. The Morgan fingerprint density at radius 1 is 1.21 bits per heavy atom. The van der Waals surface area contributed by atoms with Gasteiger partial charge in [-0.05, 0) is 33.4 Å². The van der Waals surface area contributed by atoms with Crippen LogP contribution in [0, 0.1) is 13.8 Å². The largest absolute Gasteiger partial charge is 0.310 e. The molecule has 1 atom stereocenters. The average molecular weight is 257 g/mol. The standard InChI is InChI=1S/C14H19N5/c1-5-15-9(2)12-8-17-14(18-10(12)3)13-6-7-16-11(4)19-13/h6-9,15H,5H2,1-4H3. The van der Waals surface area contributed by atoms with Crippen molar-refractivity contribution in [1.82, 2.24) is 25.3 Å². The van der Waals surface area contributed by atoms with Crippen LogP contribution >= 0.6 is 0 Å². The molecule has 1 N–H and O–H groups in total. The number of hydrogen-bond acceptors (Lipinski definition) is 5. The molecule has 0 fully saturated rings. The van der Waals surface area contributed by atoms with Crippen LogP contribution in [0.25, 0.3) is 11.5 Å². The molecule has 2 rings (SSSR count). The fourth-order valence-electron chi connectivity index (χ4n) is 2.02. The van der Waals surface area contributed by atoms with E-state index in [4.69, 9.17) is 0 Å². The van der Waals surface area contributed by atoms with Crippen molar-refractivity contribution in [3.05, 3.63) is 35.5 Å². The lowest BCUT2D eigenvalue weighted by Crippen LogP contribution is -2.19. The molecule has 0 saturated heterocycles. The molecule has 0 amide bonds. The minimum absolute atomic E-state index is 0.256. The Bertz CT molecular complexity index is 568. The van der Waals surface area contributed by atoms with Gasteiger partial charge in [0.1, 0.15) is 11.5 Å². The molecule has 2 aromatic heterocycles. The summed E-state index contributed by atoms with van der Waals surface area (Å²) in [5.41, 5.74) is 2.87. The van der Waals surface area contributed by atoms with E-state index in [0.717, 1.165) is 29.3 Å². The van der Waals surface area contributed by atoms with E-state index in [-0.39, 0.29) is 6.04 Å². The summed E-state index contributed by atoms with van der Waals surface area (Å²) in [6, 6.07) is 2.08. The second-order valence-electron chi connectivity index (χ2n) is 4.50. The molecule has 100 valence electrons. The zero-order valence-electron chi connectivity index (χ0n) is 11.8. The average Bonchev–Trinajstić information content (AvgIpc) is 2.38. The van der Waals surface area contributed by atoms with Crippen molar-refractivity contribution >= 4 is 0 Å². The highest BCUT2D eigenvalue weighted by Gasteiger charge is 2.11. The second-order valence-corrected chi connectivity index (χ2v) is 4.50. The topological polar surface area (TPSA) is 63.6 Å². The third-order valence-corrected chi connectivity index (χ3v) is 3.00. The normalized spacial score (nSPS) is 12.4. The number of nitrogens with one attached hydrogen (secondary N) is 1. The number of rotatable bonds is 4. The third-order valence-electron chi connectivity index (χ3n) is 3.00. The Morgan fingerprint density at radius 3 is 2.63 bits per heavy atom. The van der Waals surface area contributed by atoms with Crippen LogP contribution < -0.4 is 5.32 Å². The minimum Gasteiger partial charge on any atom is -0.310 e. The summed E-state index contributed by atoms with van der Waals surface area (Å²) >= 11 is 0. The first-order valence-corrected chi connectivity index (χ1v) is 6.48. The Hall–Kier alpha value is -1.88. The van der Waals surface area contributed by atoms with Gasteiger partial charge in [0.05, 0.1) is 0 Å². The number of hydrogen-bond donors (Lipinski definition) is 1. The van der Waals surface area contributed by atoms with Crippen LogP contribution in [0.1, 0.15) is 37.0 Å². The SMILES string of the molecule is CCNC(C)c1cnc(-c2ccnc(C)n2)nc1C. The first-order valence-electron chi connectivity index (χ1n) is 6.48. The van der Waals surface area contributed by atoms with E-state index in [1.165, 1.54) is 0 Å². The molecular weight excluding hydrogens is 238 g/mol. The third kappa shape index (κ3) is 3.12. The van der Waals surface area contributed by atoms with Crippen LogP contribution in [0.5, 0.6) is 0 Å². The van der Waals surface area contributed by atoms with Gasteiger partial charge in [0.25, 0.3) is 0 Å². The first kappa shape index (κ1) is 13.5. The molecule has 0 aliphatic heterocycles. The number of aromatic nitrogens is 4. The van der Waals surface area contributed by atoms with Crippen LogP contribution in [0.4, 0.5) is 0 Å². The molecular formula is C14H19N5. The summed E-state index contributed by atoms with van der Waals surface area (Å²) in [5, 5.41) is 3.37.